The molecular weight excluding hydrogens is 307 g/mol. The summed E-state index contributed by atoms with van der Waals surface area (Å²) in [6, 6.07) is 12.7. The molecule has 0 unspecified atom stereocenters. The van der Waals surface area contributed by atoms with Gasteiger partial charge in [-0.2, -0.15) is 0 Å². The van der Waals surface area contributed by atoms with Crippen LogP contribution < -0.4 is 10.1 Å². The van der Waals surface area contributed by atoms with Crippen molar-refractivity contribution in [2.24, 2.45) is 0 Å². The van der Waals surface area contributed by atoms with Crippen LogP contribution in [0, 0.1) is 0 Å². The fraction of sp³-hybridized carbons (Fsp3) is 0.375. The van der Waals surface area contributed by atoms with E-state index in [1.807, 2.05) is 7.05 Å². The highest BCUT2D eigenvalue weighted by Gasteiger charge is 2.09. The second-order valence-corrected chi connectivity index (χ2v) is 4.95. The molecular formula is C16H24Cl2N2O. The number of rotatable bonds is 6. The lowest BCUT2D eigenvalue weighted by molar-refractivity contribution is 0.308. The molecule has 5 heteroatoms. The van der Waals surface area contributed by atoms with Crippen LogP contribution in [0.3, 0.4) is 0 Å². The molecule has 0 fully saturated rings. The maximum Gasteiger partial charge on any atom is 0.124 e. The van der Waals surface area contributed by atoms with Gasteiger partial charge in [-0.05, 0) is 38.0 Å². The van der Waals surface area contributed by atoms with Crippen molar-refractivity contribution in [3.63, 3.8) is 0 Å². The van der Waals surface area contributed by atoms with Crippen molar-refractivity contribution in [1.29, 1.82) is 0 Å². The van der Waals surface area contributed by atoms with Gasteiger partial charge in [0.25, 0.3) is 0 Å². The molecule has 0 saturated carbocycles. The third kappa shape index (κ3) is 5.36. The Bertz CT molecular complexity index is 547. The average molecular weight is 331 g/mol. The van der Waals surface area contributed by atoms with E-state index in [0.717, 1.165) is 18.8 Å². The van der Waals surface area contributed by atoms with E-state index in [0.29, 0.717) is 6.61 Å². The lowest BCUT2D eigenvalue weighted by Crippen LogP contribution is -2.17. The molecule has 3 nitrogen and oxygen atoms in total. The molecule has 0 heterocycles. The van der Waals surface area contributed by atoms with E-state index in [1.54, 1.807) is 0 Å². The van der Waals surface area contributed by atoms with Crippen LogP contribution in [0.5, 0.6) is 5.75 Å². The Morgan fingerprint density at radius 2 is 1.76 bits per heavy atom. The van der Waals surface area contributed by atoms with E-state index in [-0.39, 0.29) is 24.8 Å². The van der Waals surface area contributed by atoms with Gasteiger partial charge in [0, 0.05) is 18.7 Å². The van der Waals surface area contributed by atoms with Crippen molar-refractivity contribution in [1.82, 2.24) is 10.2 Å². The molecule has 0 spiro atoms. The van der Waals surface area contributed by atoms with E-state index < -0.39 is 0 Å². The molecule has 2 aromatic rings. The first kappa shape index (κ1) is 20.0. The molecule has 2 rings (SSSR count). The first-order valence-corrected chi connectivity index (χ1v) is 6.65. The van der Waals surface area contributed by atoms with Gasteiger partial charge in [-0.25, -0.2) is 0 Å². The lowest BCUT2D eigenvalue weighted by atomic mass is 10.0. The first-order valence-electron chi connectivity index (χ1n) is 6.65. The largest absolute Gasteiger partial charge is 0.492 e. The average Bonchev–Trinajstić information content (AvgIpc) is 2.41. The van der Waals surface area contributed by atoms with Gasteiger partial charge in [-0.1, -0.05) is 30.3 Å². The highest BCUT2D eigenvalue weighted by atomic mass is 35.5. The van der Waals surface area contributed by atoms with E-state index in [2.05, 4.69) is 60.7 Å². The number of ether oxygens (including phenoxy) is 1. The number of halogens is 2. The predicted octanol–water partition coefficient (Wildman–Crippen LogP) is 3.34. The van der Waals surface area contributed by atoms with Crippen molar-refractivity contribution in [2.45, 2.75) is 6.54 Å². The molecule has 0 amide bonds. The first-order chi connectivity index (χ1) is 9.22. The molecule has 0 radical (unpaired) electrons. The number of hydrogen-bond donors (Lipinski definition) is 1. The van der Waals surface area contributed by atoms with Crippen molar-refractivity contribution in [2.75, 3.05) is 34.3 Å². The zero-order valence-corrected chi connectivity index (χ0v) is 14.4. The molecule has 0 bridgehead atoms. The number of hydrogen-bond acceptors (Lipinski definition) is 3. The fourth-order valence-electron chi connectivity index (χ4n) is 2.19. The van der Waals surface area contributed by atoms with Gasteiger partial charge in [0.2, 0.25) is 0 Å². The highest BCUT2D eigenvalue weighted by Crippen LogP contribution is 2.28. The molecule has 0 aliphatic rings. The minimum Gasteiger partial charge on any atom is -0.492 e. The molecule has 21 heavy (non-hydrogen) atoms. The SMILES string of the molecule is CNCCOc1ccc2ccccc2c1CN(C)C.Cl.Cl. The Kier molecular flexibility index (Phi) is 9.38. The number of nitrogens with zero attached hydrogens (tertiary/aromatic N) is 1. The maximum absolute atomic E-state index is 5.90. The molecule has 2 aromatic carbocycles. The second kappa shape index (κ2) is 9.85. The molecule has 0 aliphatic carbocycles. The zero-order valence-electron chi connectivity index (χ0n) is 12.8. The summed E-state index contributed by atoms with van der Waals surface area (Å²) in [5.41, 5.74) is 1.26. The second-order valence-electron chi connectivity index (χ2n) is 4.95. The Morgan fingerprint density at radius 1 is 1.05 bits per heavy atom. The minimum absolute atomic E-state index is 0. The van der Waals surface area contributed by atoms with E-state index in [4.69, 9.17) is 4.74 Å². The van der Waals surface area contributed by atoms with E-state index >= 15 is 0 Å². The van der Waals surface area contributed by atoms with Gasteiger partial charge in [-0.15, -0.1) is 24.8 Å². The van der Waals surface area contributed by atoms with Crippen LogP contribution >= 0.6 is 24.8 Å². The Balaban J connectivity index is 0.00000200. The van der Waals surface area contributed by atoms with Gasteiger partial charge >= 0.3 is 0 Å². The normalized spacial score (nSPS) is 10.1. The van der Waals surface area contributed by atoms with Gasteiger partial charge < -0.3 is 15.0 Å². The van der Waals surface area contributed by atoms with Gasteiger partial charge in [-0.3, -0.25) is 0 Å². The zero-order chi connectivity index (χ0) is 13.7. The maximum atomic E-state index is 5.90. The number of fused-ring (bicyclic) bond motifs is 1. The van der Waals surface area contributed by atoms with Crippen LogP contribution in [0.25, 0.3) is 10.8 Å². The molecule has 0 aromatic heterocycles. The van der Waals surface area contributed by atoms with Crippen molar-refractivity contribution in [3.05, 3.63) is 42.0 Å². The van der Waals surface area contributed by atoms with E-state index in [1.165, 1.54) is 16.3 Å². The predicted molar refractivity (Wildman–Crippen MR) is 95.3 cm³/mol. The Labute approximate surface area is 139 Å². The summed E-state index contributed by atoms with van der Waals surface area (Å²) in [6.45, 7) is 2.43. The van der Waals surface area contributed by atoms with Crippen LogP contribution in [0.1, 0.15) is 5.56 Å². The van der Waals surface area contributed by atoms with E-state index in [9.17, 15) is 0 Å². The van der Waals surface area contributed by atoms with Crippen LogP contribution in [0.2, 0.25) is 0 Å². The third-order valence-electron chi connectivity index (χ3n) is 3.08. The van der Waals surface area contributed by atoms with Crippen molar-refractivity contribution in [3.8, 4) is 5.75 Å². The summed E-state index contributed by atoms with van der Waals surface area (Å²) < 4.78 is 5.90. The highest BCUT2D eigenvalue weighted by molar-refractivity contribution is 5.87. The van der Waals surface area contributed by atoms with Crippen molar-refractivity contribution < 1.29 is 4.74 Å². The summed E-state index contributed by atoms with van der Waals surface area (Å²) in [5.74, 6) is 0.989. The molecule has 0 saturated heterocycles. The Morgan fingerprint density at radius 3 is 2.43 bits per heavy atom. The van der Waals surface area contributed by atoms with Gasteiger partial charge in [0.15, 0.2) is 0 Å². The van der Waals surface area contributed by atoms with Crippen LogP contribution in [-0.4, -0.2) is 39.2 Å². The summed E-state index contributed by atoms with van der Waals surface area (Å²) in [4.78, 5) is 2.17. The van der Waals surface area contributed by atoms with Crippen LogP contribution in [0.15, 0.2) is 36.4 Å². The molecule has 0 atom stereocenters. The summed E-state index contributed by atoms with van der Waals surface area (Å²) >= 11 is 0. The minimum atomic E-state index is 0. The Hall–Kier alpha value is -1.000. The van der Waals surface area contributed by atoms with Crippen molar-refractivity contribution >= 4 is 35.6 Å². The number of likely N-dealkylation sites (N-methyl/N-ethyl adjacent to an activating group) is 1. The number of nitrogens with one attached hydrogen (secondary N) is 1. The smallest absolute Gasteiger partial charge is 0.124 e. The topological polar surface area (TPSA) is 24.5 Å². The van der Waals surface area contributed by atoms with Crippen LogP contribution in [0.4, 0.5) is 0 Å². The summed E-state index contributed by atoms with van der Waals surface area (Å²) in [5, 5.41) is 5.64. The fourth-order valence-corrected chi connectivity index (χ4v) is 2.19. The summed E-state index contributed by atoms with van der Waals surface area (Å²) in [6.07, 6.45) is 0. The van der Waals surface area contributed by atoms with Gasteiger partial charge in [0.1, 0.15) is 12.4 Å². The van der Waals surface area contributed by atoms with Crippen LogP contribution in [-0.2, 0) is 6.54 Å². The van der Waals surface area contributed by atoms with Gasteiger partial charge in [0.05, 0.1) is 0 Å². The molecule has 118 valence electrons. The quantitative estimate of drug-likeness (QED) is 0.822. The molecule has 1 N–H and O–H groups in total. The summed E-state index contributed by atoms with van der Waals surface area (Å²) in [7, 11) is 6.10. The third-order valence-corrected chi connectivity index (χ3v) is 3.08. The standard InChI is InChI=1S/C16H22N2O.2ClH/c1-17-10-11-19-16-9-8-13-6-4-5-7-14(13)15(16)12-18(2)3;;/h4-9,17H,10-12H2,1-3H3;2*1H. The number of benzene rings is 2. The monoisotopic (exact) mass is 330 g/mol. The molecule has 0 aliphatic heterocycles. The lowest BCUT2D eigenvalue weighted by Gasteiger charge is -2.17.